The Morgan fingerprint density at radius 1 is 1.08 bits per heavy atom. The van der Waals surface area contributed by atoms with Crippen LogP contribution in [0.4, 0.5) is 17.1 Å². The molecule has 0 bridgehead atoms. The zero-order valence-corrected chi connectivity index (χ0v) is 13.1. The van der Waals surface area contributed by atoms with Crippen molar-refractivity contribution in [1.29, 1.82) is 0 Å². The number of nitro benzene ring substituents is 1. The molecule has 0 unspecified atom stereocenters. The quantitative estimate of drug-likeness (QED) is 0.438. The van der Waals surface area contributed by atoms with Crippen LogP contribution >= 0.6 is 0 Å². The summed E-state index contributed by atoms with van der Waals surface area (Å²) < 4.78 is 0. The van der Waals surface area contributed by atoms with E-state index in [9.17, 15) is 20.0 Å². The second-order valence-corrected chi connectivity index (χ2v) is 5.28. The normalized spacial score (nSPS) is 10.4. The van der Waals surface area contributed by atoms with Gasteiger partial charge in [-0.3, -0.25) is 19.8 Å². The third-order valence-corrected chi connectivity index (χ3v) is 3.82. The summed E-state index contributed by atoms with van der Waals surface area (Å²) in [5.74, 6) is -0.743. The Bertz CT molecular complexity index is 998. The molecule has 124 valence electrons. The van der Waals surface area contributed by atoms with Crippen LogP contribution in [-0.4, -0.2) is 15.9 Å². The monoisotopic (exact) mass is 334 g/mol. The van der Waals surface area contributed by atoms with E-state index in [1.807, 2.05) is 12.1 Å². The van der Waals surface area contributed by atoms with Gasteiger partial charge < -0.3 is 5.11 Å². The van der Waals surface area contributed by atoms with E-state index in [1.54, 1.807) is 24.3 Å². The topological polar surface area (TPSA) is 83.7 Å². The molecule has 0 aromatic heterocycles. The highest BCUT2D eigenvalue weighted by atomic mass is 16.6. The number of fused-ring (bicyclic) bond motifs is 1. The third-order valence-electron chi connectivity index (χ3n) is 3.82. The number of nitro groups is 1. The molecule has 1 amide bonds. The first kappa shape index (κ1) is 16.2. The lowest BCUT2D eigenvalue weighted by Crippen LogP contribution is -2.24. The van der Waals surface area contributed by atoms with Crippen LogP contribution in [0, 0.1) is 10.1 Å². The summed E-state index contributed by atoms with van der Waals surface area (Å²) in [4.78, 5) is 24.5. The van der Waals surface area contributed by atoms with Gasteiger partial charge in [-0.15, -0.1) is 0 Å². The van der Waals surface area contributed by atoms with E-state index in [0.29, 0.717) is 5.39 Å². The average molecular weight is 334 g/mol. The number of benzene rings is 3. The van der Waals surface area contributed by atoms with Gasteiger partial charge in [0.15, 0.2) is 0 Å². The Morgan fingerprint density at radius 2 is 1.76 bits per heavy atom. The molecule has 0 spiro atoms. The maximum atomic E-state index is 12.6. The molecule has 6 nitrogen and oxygen atoms in total. The van der Waals surface area contributed by atoms with Gasteiger partial charge in [0.25, 0.3) is 11.6 Å². The van der Waals surface area contributed by atoms with Crippen LogP contribution < -0.4 is 4.90 Å². The second-order valence-electron chi connectivity index (χ2n) is 5.28. The number of hydrogen-bond acceptors (Lipinski definition) is 4. The van der Waals surface area contributed by atoms with Crippen molar-refractivity contribution in [3.63, 3.8) is 0 Å². The molecule has 0 heterocycles. The van der Waals surface area contributed by atoms with Crippen molar-refractivity contribution in [3.8, 4) is 5.75 Å². The van der Waals surface area contributed by atoms with Gasteiger partial charge in [-0.05, 0) is 23.6 Å². The molecule has 0 atom stereocenters. The van der Waals surface area contributed by atoms with E-state index in [-0.39, 0.29) is 22.8 Å². The van der Waals surface area contributed by atoms with Gasteiger partial charge in [0.2, 0.25) is 0 Å². The molecule has 0 aliphatic carbocycles. The van der Waals surface area contributed by atoms with Crippen molar-refractivity contribution in [1.82, 2.24) is 0 Å². The summed E-state index contributed by atoms with van der Waals surface area (Å²) in [6.45, 7) is 3.47. The fourth-order valence-corrected chi connectivity index (χ4v) is 2.73. The first-order valence-electron chi connectivity index (χ1n) is 7.45. The van der Waals surface area contributed by atoms with E-state index in [2.05, 4.69) is 6.58 Å². The largest absolute Gasteiger partial charge is 0.506 e. The number of nitrogens with zero attached hydrogens (tertiary/aromatic N) is 2. The van der Waals surface area contributed by atoms with Gasteiger partial charge in [0.05, 0.1) is 10.6 Å². The first-order chi connectivity index (χ1) is 12.0. The van der Waals surface area contributed by atoms with E-state index in [0.717, 1.165) is 16.4 Å². The van der Waals surface area contributed by atoms with Crippen LogP contribution in [0.3, 0.4) is 0 Å². The molecular formula is C19H14N2O4. The van der Waals surface area contributed by atoms with Crippen LogP contribution in [0.1, 0.15) is 0 Å². The number of amides is 1. The summed E-state index contributed by atoms with van der Waals surface area (Å²) in [7, 11) is 0. The molecular weight excluding hydrogens is 320 g/mol. The molecule has 0 aliphatic rings. The Kier molecular flexibility index (Phi) is 4.18. The van der Waals surface area contributed by atoms with Crippen LogP contribution in [0.15, 0.2) is 73.3 Å². The van der Waals surface area contributed by atoms with Crippen LogP contribution in [0.2, 0.25) is 0 Å². The Hall–Kier alpha value is -3.67. The standard InChI is InChI=1S/C19H14N2O4/c1-2-18(23)20(15-9-5-6-10-16(15)21(24)25)19-14-8-4-3-7-13(14)11-12-17(19)22/h2-12,22H,1H2. The molecule has 1 N–H and O–H groups in total. The third kappa shape index (κ3) is 2.81. The molecule has 0 fully saturated rings. The predicted octanol–water partition coefficient (Wildman–Crippen LogP) is 4.30. The van der Waals surface area contributed by atoms with Crippen LogP contribution in [-0.2, 0) is 4.79 Å². The molecule has 25 heavy (non-hydrogen) atoms. The van der Waals surface area contributed by atoms with Gasteiger partial charge in [0, 0.05) is 11.5 Å². The summed E-state index contributed by atoms with van der Waals surface area (Å²) in [5, 5.41) is 23.2. The predicted molar refractivity (Wildman–Crippen MR) is 96.1 cm³/mol. The number of rotatable bonds is 4. The van der Waals surface area contributed by atoms with Gasteiger partial charge in [0.1, 0.15) is 11.4 Å². The summed E-state index contributed by atoms with van der Waals surface area (Å²) >= 11 is 0. The second kappa shape index (κ2) is 6.45. The molecule has 3 rings (SSSR count). The average Bonchev–Trinajstić information content (AvgIpc) is 2.63. The van der Waals surface area contributed by atoms with Gasteiger partial charge in [-0.2, -0.15) is 0 Å². The van der Waals surface area contributed by atoms with E-state index < -0.39 is 10.8 Å². The van der Waals surface area contributed by atoms with Gasteiger partial charge in [-0.1, -0.05) is 49.0 Å². The minimum atomic E-state index is -0.582. The van der Waals surface area contributed by atoms with E-state index in [4.69, 9.17) is 0 Å². The van der Waals surface area contributed by atoms with Crippen molar-refractivity contribution in [2.75, 3.05) is 4.90 Å². The highest BCUT2D eigenvalue weighted by molar-refractivity contribution is 6.14. The Balaban J connectivity index is 2.37. The fourth-order valence-electron chi connectivity index (χ4n) is 2.73. The minimum Gasteiger partial charge on any atom is -0.506 e. The van der Waals surface area contributed by atoms with Crippen LogP contribution in [0.5, 0.6) is 5.75 Å². The lowest BCUT2D eigenvalue weighted by Gasteiger charge is -2.23. The van der Waals surface area contributed by atoms with Crippen LogP contribution in [0.25, 0.3) is 10.8 Å². The Labute approximate surface area is 143 Å². The lowest BCUT2D eigenvalue weighted by molar-refractivity contribution is -0.384. The molecule has 3 aromatic carbocycles. The van der Waals surface area contributed by atoms with Crippen molar-refractivity contribution < 1.29 is 14.8 Å². The van der Waals surface area contributed by atoms with Crippen molar-refractivity contribution in [3.05, 3.63) is 83.4 Å². The maximum absolute atomic E-state index is 12.6. The molecule has 3 aromatic rings. The molecule has 0 radical (unpaired) electrons. The molecule has 0 aliphatic heterocycles. The summed E-state index contributed by atoms with van der Waals surface area (Å²) in [6, 6.07) is 16.2. The summed E-state index contributed by atoms with van der Waals surface area (Å²) in [6.07, 6.45) is 1.05. The molecule has 6 heteroatoms. The first-order valence-corrected chi connectivity index (χ1v) is 7.45. The lowest BCUT2D eigenvalue weighted by atomic mass is 10.1. The maximum Gasteiger partial charge on any atom is 0.293 e. The van der Waals surface area contributed by atoms with Gasteiger partial charge in [-0.25, -0.2) is 0 Å². The molecule has 0 saturated heterocycles. The van der Waals surface area contributed by atoms with E-state index in [1.165, 1.54) is 24.3 Å². The SMILES string of the molecule is C=CC(=O)N(c1ccccc1[N+](=O)[O-])c1c(O)ccc2ccccc12. The zero-order chi connectivity index (χ0) is 18.0. The van der Waals surface area contributed by atoms with Crippen molar-refractivity contribution >= 4 is 33.7 Å². The highest BCUT2D eigenvalue weighted by Gasteiger charge is 2.27. The minimum absolute atomic E-state index is 0.0593. The number of phenols is 1. The number of carbonyl (C=O) groups is 1. The number of anilines is 2. The van der Waals surface area contributed by atoms with Crippen molar-refractivity contribution in [2.45, 2.75) is 0 Å². The number of hydrogen-bond donors (Lipinski definition) is 1. The number of para-hydroxylation sites is 2. The zero-order valence-electron chi connectivity index (χ0n) is 13.1. The number of aromatic hydroxyl groups is 1. The van der Waals surface area contributed by atoms with Gasteiger partial charge >= 0.3 is 0 Å². The van der Waals surface area contributed by atoms with E-state index >= 15 is 0 Å². The summed E-state index contributed by atoms with van der Waals surface area (Å²) in [5.41, 5.74) is -0.00797. The smallest absolute Gasteiger partial charge is 0.293 e. The Morgan fingerprint density at radius 3 is 2.48 bits per heavy atom. The molecule has 0 saturated carbocycles. The highest BCUT2D eigenvalue weighted by Crippen LogP contribution is 2.42. The fraction of sp³-hybridized carbons (Fsp3) is 0. The van der Waals surface area contributed by atoms with Crippen molar-refractivity contribution in [2.24, 2.45) is 0 Å². The number of phenolic OH excluding ortho intramolecular Hbond substituents is 1. The number of carbonyl (C=O) groups excluding carboxylic acids is 1.